The Hall–Kier alpha value is -1.63. The molecule has 0 radical (unpaired) electrons. The van der Waals surface area contributed by atoms with Gasteiger partial charge in [-0.25, -0.2) is 4.39 Å². The first kappa shape index (κ1) is 14.4. The van der Waals surface area contributed by atoms with Crippen molar-refractivity contribution in [2.24, 2.45) is 0 Å². The quantitative estimate of drug-likeness (QED) is 0.821. The molecule has 0 unspecified atom stereocenters. The fourth-order valence-electron chi connectivity index (χ4n) is 1.26. The van der Waals surface area contributed by atoms with Crippen molar-refractivity contribution in [2.45, 2.75) is 19.2 Å². The van der Waals surface area contributed by atoms with Crippen LogP contribution in [0.4, 0.5) is 17.6 Å². The van der Waals surface area contributed by atoms with Crippen molar-refractivity contribution in [3.8, 4) is 0 Å². The van der Waals surface area contributed by atoms with Gasteiger partial charge in [0.15, 0.2) is 0 Å². The zero-order valence-corrected chi connectivity index (χ0v) is 9.38. The number of benzene rings is 1. The van der Waals surface area contributed by atoms with Gasteiger partial charge in [0, 0.05) is 6.54 Å². The highest BCUT2D eigenvalue weighted by Crippen LogP contribution is 2.32. The maximum Gasteiger partial charge on any atom is 0.419 e. The Morgan fingerprint density at radius 3 is 2.56 bits per heavy atom. The van der Waals surface area contributed by atoms with Crippen LogP contribution in [0.3, 0.4) is 0 Å². The number of alkyl halides is 3. The van der Waals surface area contributed by atoms with Crippen LogP contribution >= 0.6 is 0 Å². The summed E-state index contributed by atoms with van der Waals surface area (Å²) in [5, 5.41) is 11.0. The fraction of sp³-hybridized carbons (Fsp3) is 0.364. The van der Waals surface area contributed by atoms with Crippen LogP contribution in [0.25, 0.3) is 0 Å². The average Bonchev–Trinajstić information content (AvgIpc) is 2.24. The van der Waals surface area contributed by atoms with Gasteiger partial charge >= 0.3 is 6.18 Å². The molecule has 0 fully saturated rings. The molecule has 0 spiro atoms. The number of carbonyl (C=O) groups excluding carboxylic acids is 1. The SMILES string of the molecule is C[C@H](O)CNC(=O)c1cccc(C(F)(F)F)c1F. The lowest BCUT2D eigenvalue weighted by molar-refractivity contribution is -0.140. The smallest absolute Gasteiger partial charge is 0.392 e. The summed E-state index contributed by atoms with van der Waals surface area (Å²) in [7, 11) is 0. The van der Waals surface area contributed by atoms with Crippen LogP contribution in [0.15, 0.2) is 18.2 Å². The minimum Gasteiger partial charge on any atom is -0.392 e. The lowest BCUT2D eigenvalue weighted by Crippen LogP contribution is -2.31. The Bertz CT molecular complexity index is 443. The number of amides is 1. The van der Waals surface area contributed by atoms with Crippen LogP contribution in [0.2, 0.25) is 0 Å². The van der Waals surface area contributed by atoms with Gasteiger partial charge < -0.3 is 10.4 Å². The Labute approximate surface area is 100 Å². The van der Waals surface area contributed by atoms with E-state index in [2.05, 4.69) is 5.32 Å². The summed E-state index contributed by atoms with van der Waals surface area (Å²) in [6.07, 6.45) is -5.73. The number of rotatable bonds is 3. The van der Waals surface area contributed by atoms with Gasteiger partial charge in [-0.15, -0.1) is 0 Å². The number of aliphatic hydroxyl groups excluding tert-OH is 1. The van der Waals surface area contributed by atoms with Gasteiger partial charge in [-0.05, 0) is 19.1 Å². The lowest BCUT2D eigenvalue weighted by atomic mass is 10.1. The van der Waals surface area contributed by atoms with Crippen molar-refractivity contribution >= 4 is 5.91 Å². The standard InChI is InChI=1S/C11H11F4NO2/c1-6(17)5-16-10(18)7-3-2-4-8(9(7)12)11(13,14)15/h2-4,6,17H,5H2,1H3,(H,16,18)/t6-/m0/s1. The summed E-state index contributed by atoms with van der Waals surface area (Å²) >= 11 is 0. The average molecular weight is 265 g/mol. The van der Waals surface area contributed by atoms with E-state index < -0.39 is 35.1 Å². The van der Waals surface area contributed by atoms with E-state index in [1.165, 1.54) is 6.92 Å². The normalized spacial score (nSPS) is 13.2. The molecule has 7 heteroatoms. The van der Waals surface area contributed by atoms with Gasteiger partial charge in [0.1, 0.15) is 5.82 Å². The fourth-order valence-corrected chi connectivity index (χ4v) is 1.26. The molecule has 18 heavy (non-hydrogen) atoms. The molecule has 100 valence electrons. The maximum atomic E-state index is 13.5. The van der Waals surface area contributed by atoms with E-state index in [1.54, 1.807) is 0 Å². The van der Waals surface area contributed by atoms with Gasteiger partial charge in [-0.3, -0.25) is 4.79 Å². The summed E-state index contributed by atoms with van der Waals surface area (Å²) < 4.78 is 50.7. The van der Waals surface area contributed by atoms with E-state index in [-0.39, 0.29) is 6.54 Å². The Balaban J connectivity index is 3.01. The molecule has 0 saturated heterocycles. The van der Waals surface area contributed by atoms with Gasteiger partial charge in [-0.2, -0.15) is 13.2 Å². The van der Waals surface area contributed by atoms with Crippen molar-refractivity contribution in [3.63, 3.8) is 0 Å². The van der Waals surface area contributed by atoms with E-state index in [9.17, 15) is 22.4 Å². The maximum absolute atomic E-state index is 13.5. The predicted octanol–water partition coefficient (Wildman–Crippen LogP) is 1.96. The van der Waals surface area contributed by atoms with Crippen molar-refractivity contribution in [3.05, 3.63) is 35.1 Å². The molecule has 0 aromatic heterocycles. The van der Waals surface area contributed by atoms with E-state index in [4.69, 9.17) is 5.11 Å². The highest BCUT2D eigenvalue weighted by atomic mass is 19.4. The highest BCUT2D eigenvalue weighted by molar-refractivity contribution is 5.94. The second kappa shape index (κ2) is 5.34. The number of nitrogens with one attached hydrogen (secondary N) is 1. The zero-order chi connectivity index (χ0) is 13.9. The van der Waals surface area contributed by atoms with E-state index >= 15 is 0 Å². The Morgan fingerprint density at radius 1 is 1.44 bits per heavy atom. The minimum atomic E-state index is -4.86. The summed E-state index contributed by atoms with van der Waals surface area (Å²) in [6.45, 7) is 1.21. The number of halogens is 4. The lowest BCUT2D eigenvalue weighted by Gasteiger charge is -2.12. The third-order valence-electron chi connectivity index (χ3n) is 2.11. The minimum absolute atomic E-state index is 0.172. The first-order chi connectivity index (χ1) is 8.23. The molecular formula is C11H11F4NO2. The predicted molar refractivity (Wildman–Crippen MR) is 55.4 cm³/mol. The largest absolute Gasteiger partial charge is 0.419 e. The number of hydrogen-bond donors (Lipinski definition) is 2. The Morgan fingerprint density at radius 2 is 2.06 bits per heavy atom. The molecule has 1 aromatic carbocycles. The Kier molecular flexibility index (Phi) is 4.28. The van der Waals surface area contributed by atoms with Gasteiger partial charge in [0.2, 0.25) is 0 Å². The number of carbonyl (C=O) groups is 1. The van der Waals surface area contributed by atoms with E-state index in [0.29, 0.717) is 6.07 Å². The van der Waals surface area contributed by atoms with Crippen molar-refractivity contribution in [1.29, 1.82) is 0 Å². The van der Waals surface area contributed by atoms with Crippen molar-refractivity contribution < 1.29 is 27.5 Å². The molecule has 0 heterocycles. The highest BCUT2D eigenvalue weighted by Gasteiger charge is 2.35. The molecule has 1 rings (SSSR count). The van der Waals surface area contributed by atoms with E-state index in [1.807, 2.05) is 0 Å². The van der Waals surface area contributed by atoms with Gasteiger partial charge in [-0.1, -0.05) is 6.07 Å². The van der Waals surface area contributed by atoms with Crippen LogP contribution in [0.5, 0.6) is 0 Å². The van der Waals surface area contributed by atoms with Crippen LogP contribution in [-0.4, -0.2) is 23.7 Å². The zero-order valence-electron chi connectivity index (χ0n) is 9.38. The van der Waals surface area contributed by atoms with Crippen LogP contribution in [0.1, 0.15) is 22.8 Å². The molecule has 0 aliphatic heterocycles. The van der Waals surface area contributed by atoms with Gasteiger partial charge in [0.25, 0.3) is 5.91 Å². The molecule has 1 atom stereocenters. The van der Waals surface area contributed by atoms with Crippen LogP contribution in [-0.2, 0) is 6.18 Å². The summed E-state index contributed by atoms with van der Waals surface area (Å²) in [5.74, 6) is -2.62. The van der Waals surface area contributed by atoms with Crippen LogP contribution < -0.4 is 5.32 Å². The van der Waals surface area contributed by atoms with Crippen molar-refractivity contribution in [1.82, 2.24) is 5.32 Å². The molecule has 3 nitrogen and oxygen atoms in total. The third kappa shape index (κ3) is 3.43. The molecule has 0 aliphatic carbocycles. The molecule has 0 bridgehead atoms. The van der Waals surface area contributed by atoms with Gasteiger partial charge in [0.05, 0.1) is 17.2 Å². The topological polar surface area (TPSA) is 49.3 Å². The number of aliphatic hydroxyl groups is 1. The molecular weight excluding hydrogens is 254 g/mol. The summed E-state index contributed by atoms with van der Waals surface area (Å²) in [6, 6.07) is 2.45. The molecule has 0 aliphatic rings. The molecule has 1 amide bonds. The van der Waals surface area contributed by atoms with E-state index in [0.717, 1.165) is 12.1 Å². The molecule has 0 saturated carbocycles. The third-order valence-corrected chi connectivity index (χ3v) is 2.11. The first-order valence-corrected chi connectivity index (χ1v) is 5.05. The second-order valence-electron chi connectivity index (χ2n) is 3.72. The number of hydrogen-bond acceptors (Lipinski definition) is 2. The van der Waals surface area contributed by atoms with Crippen LogP contribution in [0, 0.1) is 5.82 Å². The summed E-state index contributed by atoms with van der Waals surface area (Å²) in [5.41, 5.74) is -2.20. The first-order valence-electron chi connectivity index (χ1n) is 5.05. The molecule has 2 N–H and O–H groups in total. The van der Waals surface area contributed by atoms with Crippen molar-refractivity contribution in [2.75, 3.05) is 6.54 Å². The monoisotopic (exact) mass is 265 g/mol. The molecule has 1 aromatic rings. The second-order valence-corrected chi connectivity index (χ2v) is 3.72. The summed E-state index contributed by atoms with van der Waals surface area (Å²) in [4.78, 5) is 11.4.